The molecule has 0 spiro atoms. The molecule has 0 saturated carbocycles. The fraction of sp³-hybridized carbons (Fsp3) is 0.600. The maximum absolute atomic E-state index is 5.87. The summed E-state index contributed by atoms with van der Waals surface area (Å²) >= 11 is 0. The molecule has 0 bridgehead atoms. The second-order valence-corrected chi connectivity index (χ2v) is 8.69. The summed E-state index contributed by atoms with van der Waals surface area (Å²) in [6, 6.07) is 10.8. The van der Waals surface area contributed by atoms with Crippen molar-refractivity contribution < 1.29 is 56.8 Å². The number of fused-ring (bicyclic) bond motifs is 2. The minimum Gasteiger partial charge on any atom is -0.497 e. The van der Waals surface area contributed by atoms with Crippen LogP contribution in [0.3, 0.4) is 0 Å². The van der Waals surface area contributed by atoms with Crippen LogP contribution < -0.4 is 28.4 Å². The smallest absolute Gasteiger partial charge is 0.164 e. The van der Waals surface area contributed by atoms with Crippen LogP contribution in [0.4, 0.5) is 0 Å². The van der Waals surface area contributed by atoms with Gasteiger partial charge in [0.1, 0.15) is 37.9 Å². The molecule has 236 valence electrons. The van der Waals surface area contributed by atoms with Crippen molar-refractivity contribution in [3.8, 4) is 34.5 Å². The molecule has 0 aliphatic carbocycles. The Labute approximate surface area is 247 Å². The summed E-state index contributed by atoms with van der Waals surface area (Å²) in [5.74, 6) is 3.71. The molecular weight excluding hydrogens is 552 g/mol. The highest BCUT2D eigenvalue weighted by molar-refractivity contribution is 5.46. The molecule has 0 unspecified atom stereocenters. The molecule has 0 fully saturated rings. The maximum atomic E-state index is 5.87. The van der Waals surface area contributed by atoms with Gasteiger partial charge in [0.25, 0.3) is 0 Å². The Balaban J connectivity index is 1.43. The molecule has 0 radical (unpaired) electrons. The normalized spacial score (nSPS) is 18.3. The maximum Gasteiger partial charge on any atom is 0.164 e. The molecule has 2 aromatic carbocycles. The van der Waals surface area contributed by atoms with E-state index in [0.717, 1.165) is 0 Å². The summed E-state index contributed by atoms with van der Waals surface area (Å²) < 4.78 is 67.6. The Kier molecular flexibility index (Phi) is 17.3. The van der Waals surface area contributed by atoms with Gasteiger partial charge in [0.15, 0.2) is 23.0 Å². The fourth-order valence-corrected chi connectivity index (χ4v) is 3.62. The van der Waals surface area contributed by atoms with E-state index in [9.17, 15) is 0 Å². The summed E-state index contributed by atoms with van der Waals surface area (Å²) in [6.45, 7) is 6.66. The van der Waals surface area contributed by atoms with Crippen molar-refractivity contribution in [2.24, 2.45) is 0 Å². The number of hydrogen-bond donors (Lipinski definition) is 0. The van der Waals surface area contributed by atoms with Gasteiger partial charge >= 0.3 is 0 Å². The first-order valence-corrected chi connectivity index (χ1v) is 14.1. The Hall–Kier alpha value is -3.00. The van der Waals surface area contributed by atoms with Crippen LogP contribution in [0.2, 0.25) is 0 Å². The lowest BCUT2D eigenvalue weighted by Crippen LogP contribution is -2.15. The Bertz CT molecular complexity index is 896. The van der Waals surface area contributed by atoms with Crippen LogP contribution in [-0.2, 0) is 28.4 Å². The lowest BCUT2D eigenvalue weighted by atomic mass is 10.3. The van der Waals surface area contributed by atoms with Gasteiger partial charge < -0.3 is 56.8 Å². The average Bonchev–Trinajstić information content (AvgIpc) is 3.02. The molecule has 0 amide bonds. The monoisotopic (exact) mass is 596 g/mol. The van der Waals surface area contributed by atoms with Crippen LogP contribution in [0, 0.1) is 0 Å². The summed E-state index contributed by atoms with van der Waals surface area (Å²) in [5, 5.41) is 0. The number of methoxy groups -OCH3 is 2. The fourth-order valence-electron chi connectivity index (χ4n) is 3.62. The van der Waals surface area contributed by atoms with Gasteiger partial charge in [-0.1, -0.05) is 0 Å². The van der Waals surface area contributed by atoms with E-state index in [2.05, 4.69) is 0 Å². The van der Waals surface area contributed by atoms with Gasteiger partial charge in [0.2, 0.25) is 0 Å². The average molecular weight is 597 g/mol. The Morgan fingerprint density at radius 1 is 0.357 bits per heavy atom. The molecule has 42 heavy (non-hydrogen) atoms. The highest BCUT2D eigenvalue weighted by atomic mass is 16.6. The second kappa shape index (κ2) is 21.7. The van der Waals surface area contributed by atoms with Crippen LogP contribution in [0.5, 0.6) is 34.5 Å². The van der Waals surface area contributed by atoms with Crippen molar-refractivity contribution >= 4 is 0 Å². The summed E-state index contributed by atoms with van der Waals surface area (Å²) in [4.78, 5) is 0. The van der Waals surface area contributed by atoms with Crippen LogP contribution in [0.15, 0.2) is 36.4 Å². The topological polar surface area (TPSA) is 111 Å². The highest BCUT2D eigenvalue weighted by Gasteiger charge is 2.09. The lowest BCUT2D eigenvalue weighted by molar-refractivity contribution is 0.00246. The third kappa shape index (κ3) is 13.8. The van der Waals surface area contributed by atoms with Gasteiger partial charge in [-0.2, -0.15) is 0 Å². The summed E-state index contributed by atoms with van der Waals surface area (Å²) in [5.41, 5.74) is 0. The molecule has 0 N–H and O–H groups in total. The first kappa shape index (κ1) is 33.5. The molecule has 0 atom stereocenters. The molecule has 1 heterocycles. The quantitative estimate of drug-likeness (QED) is 0.508. The Morgan fingerprint density at radius 3 is 0.905 bits per heavy atom. The molecule has 3 rings (SSSR count). The van der Waals surface area contributed by atoms with Gasteiger partial charge in [0.05, 0.1) is 93.5 Å². The number of rotatable bonds is 2. The SMILES string of the molecule is COc1ccc2c(c1)OCCOCCOCCOCCOc1ccc(OC)cc1OCCOCCOCCOCCO2. The standard InChI is InChI=1S/C30H44O12/c1-31-25-3-5-27-29(23-25)41-21-17-37-13-9-33-8-12-36-16-20-40-28-6-4-26(32-2)24-30(28)42-22-18-38-14-10-34-7-11-35-15-19-39-27/h3-6,23-24H,7-22H2,1-2H3. The van der Waals surface area contributed by atoms with E-state index >= 15 is 0 Å². The van der Waals surface area contributed by atoms with E-state index in [1.165, 1.54) is 0 Å². The van der Waals surface area contributed by atoms with E-state index in [1.54, 1.807) is 26.4 Å². The largest absolute Gasteiger partial charge is 0.497 e. The molecule has 1 aliphatic heterocycles. The molecular formula is C30H44O12. The zero-order valence-electron chi connectivity index (χ0n) is 24.7. The van der Waals surface area contributed by atoms with Gasteiger partial charge in [0, 0.05) is 12.1 Å². The Morgan fingerprint density at radius 2 is 0.619 bits per heavy atom. The van der Waals surface area contributed by atoms with Crippen LogP contribution in [0.1, 0.15) is 0 Å². The van der Waals surface area contributed by atoms with Crippen molar-refractivity contribution in [1.29, 1.82) is 0 Å². The number of benzene rings is 2. The van der Waals surface area contributed by atoms with Crippen LogP contribution in [-0.4, -0.2) is 120 Å². The summed E-state index contributed by atoms with van der Waals surface area (Å²) in [6.07, 6.45) is 0. The minimum atomic E-state index is 0.352. The third-order valence-electron chi connectivity index (χ3n) is 5.73. The molecule has 12 heteroatoms. The van der Waals surface area contributed by atoms with Crippen molar-refractivity contribution in [2.45, 2.75) is 0 Å². The van der Waals surface area contributed by atoms with Gasteiger partial charge in [-0.25, -0.2) is 0 Å². The minimum absolute atomic E-state index is 0.352. The lowest BCUT2D eigenvalue weighted by Gasteiger charge is -2.15. The predicted octanol–water partition coefficient (Wildman–Crippen LogP) is 3.03. The van der Waals surface area contributed by atoms with Crippen LogP contribution in [0.25, 0.3) is 0 Å². The van der Waals surface area contributed by atoms with Gasteiger partial charge in [-0.05, 0) is 24.3 Å². The zero-order chi connectivity index (χ0) is 29.5. The summed E-state index contributed by atoms with van der Waals surface area (Å²) in [7, 11) is 3.21. The van der Waals surface area contributed by atoms with E-state index < -0.39 is 0 Å². The molecule has 0 saturated heterocycles. The van der Waals surface area contributed by atoms with Crippen molar-refractivity contribution in [2.75, 3.05) is 120 Å². The van der Waals surface area contributed by atoms with Crippen molar-refractivity contribution in [1.82, 2.24) is 0 Å². The molecule has 2 aromatic rings. The predicted molar refractivity (Wildman–Crippen MR) is 153 cm³/mol. The van der Waals surface area contributed by atoms with E-state index in [4.69, 9.17) is 56.8 Å². The number of hydrogen-bond acceptors (Lipinski definition) is 12. The molecule has 12 nitrogen and oxygen atoms in total. The van der Waals surface area contributed by atoms with E-state index in [1.807, 2.05) is 24.3 Å². The van der Waals surface area contributed by atoms with Gasteiger partial charge in [-0.3, -0.25) is 0 Å². The first-order valence-electron chi connectivity index (χ1n) is 14.1. The molecule has 0 aromatic heterocycles. The zero-order valence-corrected chi connectivity index (χ0v) is 24.7. The van der Waals surface area contributed by atoms with E-state index in [0.29, 0.717) is 140 Å². The van der Waals surface area contributed by atoms with Crippen molar-refractivity contribution in [3.63, 3.8) is 0 Å². The second-order valence-electron chi connectivity index (χ2n) is 8.69. The van der Waals surface area contributed by atoms with Gasteiger partial charge in [-0.15, -0.1) is 0 Å². The molecule has 1 aliphatic rings. The van der Waals surface area contributed by atoms with Crippen LogP contribution >= 0.6 is 0 Å². The first-order chi connectivity index (χ1) is 20.8. The highest BCUT2D eigenvalue weighted by Crippen LogP contribution is 2.32. The van der Waals surface area contributed by atoms with Crippen molar-refractivity contribution in [3.05, 3.63) is 36.4 Å². The number of ether oxygens (including phenoxy) is 12. The third-order valence-corrected chi connectivity index (χ3v) is 5.73. The van der Waals surface area contributed by atoms with E-state index in [-0.39, 0.29) is 0 Å².